The molecule has 2 aromatic carbocycles. The maximum absolute atomic E-state index is 6.10. The molecule has 0 atom stereocenters. The number of nitrogens with zero attached hydrogens (tertiary/aromatic N) is 4. The quantitative estimate of drug-likeness (QED) is 0.441. The molecule has 0 aliphatic carbocycles. The van der Waals surface area contributed by atoms with E-state index in [1.54, 1.807) is 0 Å². The van der Waals surface area contributed by atoms with Crippen molar-refractivity contribution in [2.24, 2.45) is 0 Å². The van der Waals surface area contributed by atoms with E-state index in [0.29, 0.717) is 28.3 Å². The minimum Gasteiger partial charge on any atom is -0.463 e. The molecule has 0 spiro atoms. The summed E-state index contributed by atoms with van der Waals surface area (Å²) in [7, 11) is 0. The third-order valence-corrected chi connectivity index (χ3v) is 5.09. The van der Waals surface area contributed by atoms with Crippen LogP contribution in [0.4, 0.5) is 5.82 Å². The molecule has 2 aromatic heterocycles. The van der Waals surface area contributed by atoms with Crippen LogP contribution >= 0.6 is 15.9 Å². The lowest BCUT2D eigenvalue weighted by Crippen LogP contribution is -2.08. The average molecular weight is 438 g/mol. The fraction of sp³-hybridized carbons (Fsp3) is 0.190. The van der Waals surface area contributed by atoms with Gasteiger partial charge >= 0.3 is 6.01 Å². The summed E-state index contributed by atoms with van der Waals surface area (Å²) in [5, 5.41) is 0. The molecule has 0 radical (unpaired) electrons. The van der Waals surface area contributed by atoms with Crippen molar-refractivity contribution in [1.29, 1.82) is 0 Å². The molecule has 0 aliphatic heterocycles. The van der Waals surface area contributed by atoms with Crippen molar-refractivity contribution in [3.05, 3.63) is 76.5 Å². The standard InChI is InChI=1S/C21H20BrN5O/c22-20-24-17-18(23)25-21(28-14-12-16-9-5-2-6-10-16)26-19(17)27(20)13-11-15-7-3-1-4-8-15/h1-10H,11-14H2,(H2,23,25,26). The molecule has 2 heterocycles. The minimum atomic E-state index is 0.272. The first-order valence-electron chi connectivity index (χ1n) is 9.10. The number of nitrogens with two attached hydrogens (primary N) is 1. The predicted octanol–water partition coefficient (Wildman–Crippen LogP) is 4.04. The largest absolute Gasteiger partial charge is 0.463 e. The van der Waals surface area contributed by atoms with Crippen LogP contribution in [0, 0.1) is 0 Å². The molecule has 7 heteroatoms. The van der Waals surface area contributed by atoms with E-state index in [-0.39, 0.29) is 6.01 Å². The Kier molecular flexibility index (Phi) is 5.53. The molecule has 142 valence electrons. The SMILES string of the molecule is Nc1nc(OCCc2ccccc2)nc2c1nc(Br)n2CCc1ccccc1. The summed E-state index contributed by atoms with van der Waals surface area (Å²) < 4.78 is 8.44. The van der Waals surface area contributed by atoms with E-state index in [1.807, 2.05) is 41.0 Å². The number of imidazole rings is 1. The van der Waals surface area contributed by atoms with Crippen molar-refractivity contribution in [3.63, 3.8) is 0 Å². The van der Waals surface area contributed by atoms with Crippen molar-refractivity contribution < 1.29 is 4.74 Å². The average Bonchev–Trinajstić information content (AvgIpc) is 3.04. The normalized spacial score (nSPS) is 11.0. The highest BCUT2D eigenvalue weighted by Crippen LogP contribution is 2.25. The summed E-state index contributed by atoms with van der Waals surface area (Å²) in [6.07, 6.45) is 1.64. The number of ether oxygens (including phenoxy) is 1. The van der Waals surface area contributed by atoms with E-state index >= 15 is 0 Å². The first kappa shape index (κ1) is 18.4. The van der Waals surface area contributed by atoms with Crippen molar-refractivity contribution in [2.45, 2.75) is 19.4 Å². The van der Waals surface area contributed by atoms with Crippen LogP contribution in [0.1, 0.15) is 11.1 Å². The van der Waals surface area contributed by atoms with Crippen molar-refractivity contribution in [1.82, 2.24) is 19.5 Å². The number of hydrogen-bond donors (Lipinski definition) is 1. The Morgan fingerprint density at radius 1 is 0.857 bits per heavy atom. The van der Waals surface area contributed by atoms with Gasteiger partial charge in [0.2, 0.25) is 0 Å². The Balaban J connectivity index is 1.52. The van der Waals surface area contributed by atoms with Crippen LogP contribution in [-0.2, 0) is 19.4 Å². The first-order valence-corrected chi connectivity index (χ1v) is 9.90. The van der Waals surface area contributed by atoms with E-state index in [1.165, 1.54) is 11.1 Å². The van der Waals surface area contributed by atoms with E-state index in [4.69, 9.17) is 10.5 Å². The van der Waals surface area contributed by atoms with E-state index in [9.17, 15) is 0 Å². The highest BCUT2D eigenvalue weighted by atomic mass is 79.9. The Bertz CT molecular complexity index is 1070. The highest BCUT2D eigenvalue weighted by Gasteiger charge is 2.16. The molecule has 0 aliphatic rings. The van der Waals surface area contributed by atoms with Crippen LogP contribution in [0.25, 0.3) is 11.2 Å². The zero-order valence-electron chi connectivity index (χ0n) is 15.3. The Morgan fingerprint density at radius 2 is 1.50 bits per heavy atom. The van der Waals surface area contributed by atoms with Crippen molar-refractivity contribution in [2.75, 3.05) is 12.3 Å². The van der Waals surface area contributed by atoms with Gasteiger partial charge in [0.15, 0.2) is 21.7 Å². The minimum absolute atomic E-state index is 0.272. The molecule has 0 fully saturated rings. The van der Waals surface area contributed by atoms with Crippen LogP contribution in [-0.4, -0.2) is 26.1 Å². The molecular weight excluding hydrogens is 418 g/mol. The van der Waals surface area contributed by atoms with Crippen molar-refractivity contribution >= 4 is 32.9 Å². The van der Waals surface area contributed by atoms with Gasteiger partial charge in [0, 0.05) is 13.0 Å². The Hall–Kier alpha value is -2.93. The van der Waals surface area contributed by atoms with Gasteiger partial charge in [-0.05, 0) is 33.5 Å². The lowest BCUT2D eigenvalue weighted by atomic mass is 10.1. The molecule has 4 rings (SSSR count). The van der Waals surface area contributed by atoms with Gasteiger partial charge < -0.3 is 15.0 Å². The molecule has 0 unspecified atom stereocenters. The summed E-state index contributed by atoms with van der Waals surface area (Å²) in [5.74, 6) is 0.318. The summed E-state index contributed by atoms with van der Waals surface area (Å²) in [6, 6.07) is 20.7. The van der Waals surface area contributed by atoms with Gasteiger partial charge in [0.1, 0.15) is 0 Å². The summed E-state index contributed by atoms with van der Waals surface area (Å²) in [5.41, 5.74) is 9.80. The van der Waals surface area contributed by atoms with Crippen LogP contribution in [0.3, 0.4) is 0 Å². The highest BCUT2D eigenvalue weighted by molar-refractivity contribution is 9.10. The second-order valence-electron chi connectivity index (χ2n) is 6.42. The lowest BCUT2D eigenvalue weighted by molar-refractivity contribution is 0.297. The number of nitrogen functional groups attached to an aromatic ring is 1. The predicted molar refractivity (Wildman–Crippen MR) is 113 cm³/mol. The molecule has 0 amide bonds. The molecule has 0 saturated heterocycles. The number of anilines is 1. The smallest absolute Gasteiger partial charge is 0.320 e. The number of benzene rings is 2. The third-order valence-electron chi connectivity index (χ3n) is 4.49. The molecule has 2 N–H and O–H groups in total. The Morgan fingerprint density at radius 3 is 2.18 bits per heavy atom. The molecule has 28 heavy (non-hydrogen) atoms. The monoisotopic (exact) mass is 437 g/mol. The number of rotatable bonds is 7. The van der Waals surface area contributed by atoms with E-state index in [0.717, 1.165) is 19.4 Å². The van der Waals surface area contributed by atoms with Gasteiger partial charge in [-0.15, -0.1) is 0 Å². The number of aromatic nitrogens is 4. The number of hydrogen-bond acceptors (Lipinski definition) is 5. The second kappa shape index (κ2) is 8.39. The Labute approximate surface area is 171 Å². The molecule has 0 saturated carbocycles. The van der Waals surface area contributed by atoms with E-state index < -0.39 is 0 Å². The summed E-state index contributed by atoms with van der Waals surface area (Å²) >= 11 is 3.51. The lowest BCUT2D eigenvalue weighted by Gasteiger charge is -2.08. The number of fused-ring (bicyclic) bond motifs is 1. The van der Waals surface area contributed by atoms with Crippen LogP contribution in [0.5, 0.6) is 6.01 Å². The molecule has 4 aromatic rings. The van der Waals surface area contributed by atoms with Gasteiger partial charge in [-0.1, -0.05) is 60.7 Å². The fourth-order valence-corrected chi connectivity index (χ4v) is 3.55. The van der Waals surface area contributed by atoms with Gasteiger partial charge in [-0.3, -0.25) is 0 Å². The maximum atomic E-state index is 6.10. The number of aryl methyl sites for hydroxylation is 2. The second-order valence-corrected chi connectivity index (χ2v) is 7.13. The van der Waals surface area contributed by atoms with Crippen LogP contribution in [0.2, 0.25) is 0 Å². The zero-order valence-corrected chi connectivity index (χ0v) is 16.8. The van der Waals surface area contributed by atoms with E-state index in [2.05, 4.69) is 55.1 Å². The molecular formula is C21H20BrN5O. The summed E-state index contributed by atoms with van der Waals surface area (Å²) in [4.78, 5) is 13.3. The van der Waals surface area contributed by atoms with Crippen LogP contribution < -0.4 is 10.5 Å². The van der Waals surface area contributed by atoms with Gasteiger partial charge in [-0.25, -0.2) is 4.98 Å². The van der Waals surface area contributed by atoms with Crippen LogP contribution in [0.15, 0.2) is 65.4 Å². The molecule has 0 bridgehead atoms. The maximum Gasteiger partial charge on any atom is 0.320 e. The zero-order chi connectivity index (χ0) is 19.3. The van der Waals surface area contributed by atoms with Gasteiger partial charge in [-0.2, -0.15) is 9.97 Å². The number of halogens is 1. The molecule has 6 nitrogen and oxygen atoms in total. The van der Waals surface area contributed by atoms with Gasteiger partial charge in [0.05, 0.1) is 6.61 Å². The van der Waals surface area contributed by atoms with Gasteiger partial charge in [0.25, 0.3) is 0 Å². The third kappa shape index (κ3) is 4.14. The first-order chi connectivity index (χ1) is 13.7. The van der Waals surface area contributed by atoms with Crippen molar-refractivity contribution in [3.8, 4) is 6.01 Å². The summed E-state index contributed by atoms with van der Waals surface area (Å²) in [6.45, 7) is 1.20. The fourth-order valence-electron chi connectivity index (χ4n) is 3.03. The topological polar surface area (TPSA) is 78.8 Å².